The number of ketones is 1. The molecule has 3 atom stereocenters. The Labute approximate surface area is 109 Å². The van der Waals surface area contributed by atoms with Crippen LogP contribution in [0.25, 0.3) is 0 Å². The smallest absolute Gasteiger partial charge is 0.307 e. The lowest BCUT2D eigenvalue weighted by Crippen LogP contribution is -2.46. The van der Waals surface area contributed by atoms with E-state index in [0.29, 0.717) is 25.0 Å². The van der Waals surface area contributed by atoms with Gasteiger partial charge in [-0.15, -0.1) is 0 Å². The van der Waals surface area contributed by atoms with Gasteiger partial charge in [-0.2, -0.15) is 0 Å². The zero-order chi connectivity index (χ0) is 13.7. The zero-order valence-corrected chi connectivity index (χ0v) is 11.7. The third-order valence-corrected chi connectivity index (χ3v) is 3.89. The highest BCUT2D eigenvalue weighted by Gasteiger charge is 2.29. The van der Waals surface area contributed by atoms with Crippen molar-refractivity contribution in [1.29, 1.82) is 0 Å². The van der Waals surface area contributed by atoms with Crippen LogP contribution in [0.5, 0.6) is 0 Å². The van der Waals surface area contributed by atoms with Crippen LogP contribution >= 0.6 is 0 Å². The molecule has 1 fully saturated rings. The van der Waals surface area contributed by atoms with Crippen LogP contribution in [-0.2, 0) is 9.59 Å². The van der Waals surface area contributed by atoms with Gasteiger partial charge in [0.25, 0.3) is 0 Å². The van der Waals surface area contributed by atoms with Crippen molar-refractivity contribution in [2.45, 2.75) is 52.5 Å². The first-order valence-electron chi connectivity index (χ1n) is 6.88. The van der Waals surface area contributed by atoms with E-state index < -0.39 is 11.9 Å². The van der Waals surface area contributed by atoms with Crippen LogP contribution in [0.1, 0.15) is 46.5 Å². The van der Waals surface area contributed by atoms with E-state index in [0.717, 1.165) is 6.42 Å². The van der Waals surface area contributed by atoms with Gasteiger partial charge in [-0.25, -0.2) is 0 Å². The maximum Gasteiger partial charge on any atom is 0.307 e. The van der Waals surface area contributed by atoms with Gasteiger partial charge in [0.15, 0.2) is 0 Å². The largest absolute Gasteiger partial charge is 0.481 e. The van der Waals surface area contributed by atoms with Crippen molar-refractivity contribution in [3.8, 4) is 0 Å². The van der Waals surface area contributed by atoms with E-state index in [-0.39, 0.29) is 5.78 Å². The lowest BCUT2D eigenvalue weighted by Gasteiger charge is -2.38. The van der Waals surface area contributed by atoms with Gasteiger partial charge in [0.2, 0.25) is 0 Å². The number of hydrogen-bond donors (Lipinski definition) is 1. The summed E-state index contributed by atoms with van der Waals surface area (Å²) in [7, 11) is 0. The lowest BCUT2D eigenvalue weighted by atomic mass is 9.84. The number of hydrogen-bond acceptors (Lipinski definition) is 3. The number of Topliss-reactive ketones (excluding diaryl/α,β-unsaturated/α-hetero) is 1. The summed E-state index contributed by atoms with van der Waals surface area (Å²) < 4.78 is 0. The minimum absolute atomic E-state index is 0.116. The number of aliphatic carboxylic acids is 1. The number of carbonyl (C=O) groups excluding carboxylic acids is 1. The van der Waals surface area contributed by atoms with E-state index in [9.17, 15) is 9.59 Å². The zero-order valence-electron chi connectivity index (χ0n) is 11.7. The first-order valence-corrected chi connectivity index (χ1v) is 6.88. The standard InChI is InChI=1S/C14H25NO3/c1-10-6-4-5-7-13(10)15(9-12(3)16)8-11(2)14(17)18/h10-11,13H,4-9H2,1-3H3,(H,17,18). The molecule has 0 aromatic rings. The van der Waals surface area contributed by atoms with E-state index >= 15 is 0 Å². The third kappa shape index (κ3) is 4.41. The predicted molar refractivity (Wildman–Crippen MR) is 70.5 cm³/mol. The number of carbonyl (C=O) groups is 2. The van der Waals surface area contributed by atoms with Crippen molar-refractivity contribution in [2.24, 2.45) is 11.8 Å². The quantitative estimate of drug-likeness (QED) is 0.790. The highest BCUT2D eigenvalue weighted by atomic mass is 16.4. The number of carboxylic acid groups (broad SMARTS) is 1. The molecule has 4 heteroatoms. The van der Waals surface area contributed by atoms with Gasteiger partial charge in [-0.05, 0) is 25.7 Å². The average Bonchev–Trinajstić information content (AvgIpc) is 2.28. The maximum atomic E-state index is 11.4. The number of rotatable bonds is 6. The molecule has 1 aliphatic carbocycles. The summed E-state index contributed by atoms with van der Waals surface area (Å²) in [6, 6.07) is 0.365. The molecule has 0 aliphatic heterocycles. The first-order chi connectivity index (χ1) is 8.41. The molecule has 3 unspecified atom stereocenters. The maximum absolute atomic E-state index is 11.4. The Bertz CT molecular complexity index is 303. The fraction of sp³-hybridized carbons (Fsp3) is 0.857. The normalized spacial score (nSPS) is 26.0. The highest BCUT2D eigenvalue weighted by Crippen LogP contribution is 2.28. The molecule has 1 N–H and O–H groups in total. The van der Waals surface area contributed by atoms with Gasteiger partial charge >= 0.3 is 5.97 Å². The number of nitrogens with zero attached hydrogens (tertiary/aromatic N) is 1. The minimum atomic E-state index is -0.785. The Hall–Kier alpha value is -0.900. The molecule has 0 spiro atoms. The number of carboxylic acids is 1. The molecule has 0 bridgehead atoms. The summed E-state index contributed by atoms with van der Waals surface area (Å²) >= 11 is 0. The second-order valence-electron chi connectivity index (χ2n) is 5.70. The minimum Gasteiger partial charge on any atom is -0.481 e. The van der Waals surface area contributed by atoms with E-state index in [1.807, 2.05) is 0 Å². The van der Waals surface area contributed by atoms with Crippen LogP contribution in [-0.4, -0.2) is 40.9 Å². The summed E-state index contributed by atoms with van der Waals surface area (Å²) in [5.41, 5.74) is 0. The molecule has 0 heterocycles. The van der Waals surface area contributed by atoms with Gasteiger partial charge < -0.3 is 5.11 Å². The molecular formula is C14H25NO3. The Balaban J connectivity index is 2.69. The molecule has 1 rings (SSSR count). The molecule has 0 aromatic carbocycles. The van der Waals surface area contributed by atoms with Crippen molar-refractivity contribution in [3.05, 3.63) is 0 Å². The molecule has 18 heavy (non-hydrogen) atoms. The second-order valence-corrected chi connectivity index (χ2v) is 5.70. The molecule has 0 radical (unpaired) electrons. The van der Waals surface area contributed by atoms with Crippen LogP contribution in [0.4, 0.5) is 0 Å². The molecule has 104 valence electrons. The van der Waals surface area contributed by atoms with Gasteiger partial charge in [0, 0.05) is 12.6 Å². The summed E-state index contributed by atoms with van der Waals surface area (Å²) in [6.45, 7) is 6.35. The molecule has 1 aliphatic rings. The SMILES string of the molecule is CC(=O)CN(CC(C)C(=O)O)C1CCCCC1C. The van der Waals surface area contributed by atoms with Gasteiger partial charge in [-0.3, -0.25) is 14.5 Å². The monoisotopic (exact) mass is 255 g/mol. The lowest BCUT2D eigenvalue weighted by molar-refractivity contribution is -0.142. The van der Waals surface area contributed by atoms with E-state index in [1.54, 1.807) is 13.8 Å². The fourth-order valence-corrected chi connectivity index (χ4v) is 2.87. The first kappa shape index (κ1) is 15.2. The van der Waals surface area contributed by atoms with Crippen molar-refractivity contribution < 1.29 is 14.7 Å². The van der Waals surface area contributed by atoms with Crippen molar-refractivity contribution in [3.63, 3.8) is 0 Å². The van der Waals surface area contributed by atoms with Gasteiger partial charge in [-0.1, -0.05) is 26.7 Å². The molecule has 0 saturated heterocycles. The molecule has 0 aromatic heterocycles. The van der Waals surface area contributed by atoms with E-state index in [2.05, 4.69) is 11.8 Å². The molecule has 4 nitrogen and oxygen atoms in total. The van der Waals surface area contributed by atoms with Crippen LogP contribution < -0.4 is 0 Å². The predicted octanol–water partition coefficient (Wildman–Crippen LogP) is 2.18. The Kier molecular flexibility index (Phi) is 5.79. The van der Waals surface area contributed by atoms with Gasteiger partial charge in [0.05, 0.1) is 12.5 Å². The fourth-order valence-electron chi connectivity index (χ4n) is 2.87. The third-order valence-electron chi connectivity index (χ3n) is 3.89. The summed E-state index contributed by atoms with van der Waals surface area (Å²) in [4.78, 5) is 24.4. The van der Waals surface area contributed by atoms with Crippen LogP contribution in [0, 0.1) is 11.8 Å². The van der Waals surface area contributed by atoms with Crippen molar-refractivity contribution >= 4 is 11.8 Å². The Morgan fingerprint density at radius 2 is 1.94 bits per heavy atom. The Morgan fingerprint density at radius 3 is 2.44 bits per heavy atom. The summed E-state index contributed by atoms with van der Waals surface area (Å²) in [6.07, 6.45) is 4.70. The second kappa shape index (κ2) is 6.88. The summed E-state index contributed by atoms with van der Waals surface area (Å²) in [5, 5.41) is 9.02. The Morgan fingerprint density at radius 1 is 1.33 bits per heavy atom. The highest BCUT2D eigenvalue weighted by molar-refractivity contribution is 5.77. The average molecular weight is 255 g/mol. The van der Waals surface area contributed by atoms with Crippen LogP contribution in [0.2, 0.25) is 0 Å². The topological polar surface area (TPSA) is 57.6 Å². The van der Waals surface area contributed by atoms with Crippen LogP contribution in [0.15, 0.2) is 0 Å². The van der Waals surface area contributed by atoms with Crippen molar-refractivity contribution in [2.75, 3.05) is 13.1 Å². The summed E-state index contributed by atoms with van der Waals surface area (Å²) in [5.74, 6) is -0.532. The molecule has 0 amide bonds. The molecule has 1 saturated carbocycles. The van der Waals surface area contributed by atoms with Crippen LogP contribution in [0.3, 0.4) is 0 Å². The van der Waals surface area contributed by atoms with E-state index in [1.165, 1.54) is 19.3 Å². The van der Waals surface area contributed by atoms with Crippen molar-refractivity contribution in [1.82, 2.24) is 4.90 Å². The van der Waals surface area contributed by atoms with E-state index in [4.69, 9.17) is 5.11 Å². The van der Waals surface area contributed by atoms with Gasteiger partial charge in [0.1, 0.15) is 5.78 Å². The molecular weight excluding hydrogens is 230 g/mol.